The average molecular weight is 235 g/mol. The van der Waals surface area contributed by atoms with E-state index in [4.69, 9.17) is 0 Å². The van der Waals surface area contributed by atoms with Crippen molar-refractivity contribution in [2.75, 3.05) is 11.9 Å². The van der Waals surface area contributed by atoms with Crippen LogP contribution in [0.5, 0.6) is 0 Å². The van der Waals surface area contributed by atoms with Gasteiger partial charge in [-0.1, -0.05) is 12.1 Å². The van der Waals surface area contributed by atoms with Crippen LogP contribution in [-0.2, 0) is 4.79 Å². The summed E-state index contributed by atoms with van der Waals surface area (Å²) >= 11 is 0. The molecule has 2 N–H and O–H groups in total. The lowest BCUT2D eigenvalue weighted by Crippen LogP contribution is -2.31. The number of anilines is 1. The fourth-order valence-electron chi connectivity index (χ4n) is 1.85. The summed E-state index contributed by atoms with van der Waals surface area (Å²) in [5.74, 6) is 0.0411. The van der Waals surface area contributed by atoms with Gasteiger partial charge in [0.25, 0.3) is 5.69 Å². The molecule has 1 aromatic carbocycles. The summed E-state index contributed by atoms with van der Waals surface area (Å²) in [6.45, 7) is 0.511. The second kappa shape index (κ2) is 4.82. The molecule has 1 aliphatic rings. The molecule has 0 saturated carbocycles. The molecule has 0 spiro atoms. The van der Waals surface area contributed by atoms with E-state index < -0.39 is 4.92 Å². The monoisotopic (exact) mass is 235 g/mol. The van der Waals surface area contributed by atoms with Crippen LogP contribution in [0.25, 0.3) is 0 Å². The minimum Gasteiger partial charge on any atom is -0.377 e. The Morgan fingerprint density at radius 1 is 1.47 bits per heavy atom. The van der Waals surface area contributed by atoms with Crippen LogP contribution in [0.4, 0.5) is 11.4 Å². The van der Waals surface area contributed by atoms with Crippen molar-refractivity contribution >= 4 is 17.3 Å². The predicted octanol–water partition coefficient (Wildman–Crippen LogP) is 1.29. The van der Waals surface area contributed by atoms with Gasteiger partial charge < -0.3 is 10.6 Å². The van der Waals surface area contributed by atoms with Crippen molar-refractivity contribution in [1.29, 1.82) is 0 Å². The summed E-state index contributed by atoms with van der Waals surface area (Å²) in [5.41, 5.74) is 0.537. The lowest BCUT2D eigenvalue weighted by Gasteiger charge is -2.12. The second-order valence-electron chi connectivity index (χ2n) is 3.96. The molecule has 1 fully saturated rings. The number of benzene rings is 1. The summed E-state index contributed by atoms with van der Waals surface area (Å²) in [4.78, 5) is 21.3. The van der Waals surface area contributed by atoms with Gasteiger partial charge in [0, 0.05) is 25.1 Å². The largest absolute Gasteiger partial charge is 0.377 e. The first-order valence-corrected chi connectivity index (χ1v) is 5.43. The highest BCUT2D eigenvalue weighted by atomic mass is 16.6. The van der Waals surface area contributed by atoms with Crippen LogP contribution >= 0.6 is 0 Å². The molecule has 1 saturated heterocycles. The first-order valence-electron chi connectivity index (χ1n) is 5.43. The first-order chi connectivity index (χ1) is 8.16. The quantitative estimate of drug-likeness (QED) is 0.608. The topological polar surface area (TPSA) is 84.3 Å². The summed E-state index contributed by atoms with van der Waals surface area (Å²) in [6.07, 6.45) is 1.30. The number of carbonyl (C=O) groups excluding carboxylic acids is 1. The lowest BCUT2D eigenvalue weighted by molar-refractivity contribution is -0.384. The van der Waals surface area contributed by atoms with E-state index in [9.17, 15) is 14.9 Å². The van der Waals surface area contributed by atoms with E-state index in [2.05, 4.69) is 10.6 Å². The van der Waals surface area contributed by atoms with Crippen molar-refractivity contribution in [3.8, 4) is 0 Å². The van der Waals surface area contributed by atoms with Gasteiger partial charge in [0.2, 0.25) is 5.91 Å². The van der Waals surface area contributed by atoms with Crippen LogP contribution in [0.1, 0.15) is 12.8 Å². The molecule has 2 rings (SSSR count). The predicted molar refractivity (Wildman–Crippen MR) is 62.8 cm³/mol. The highest BCUT2D eigenvalue weighted by molar-refractivity contribution is 5.78. The van der Waals surface area contributed by atoms with Crippen LogP contribution in [0.15, 0.2) is 24.3 Å². The van der Waals surface area contributed by atoms with E-state index in [1.54, 1.807) is 18.2 Å². The highest BCUT2D eigenvalue weighted by Crippen LogP contribution is 2.23. The Kier molecular flexibility index (Phi) is 3.22. The van der Waals surface area contributed by atoms with Gasteiger partial charge in [-0.15, -0.1) is 0 Å². The van der Waals surface area contributed by atoms with Crippen molar-refractivity contribution < 1.29 is 9.72 Å². The number of carbonyl (C=O) groups is 1. The van der Waals surface area contributed by atoms with Crippen molar-refractivity contribution in [1.82, 2.24) is 5.32 Å². The second-order valence-corrected chi connectivity index (χ2v) is 3.96. The molecule has 1 amide bonds. The molecular formula is C11H13N3O3. The number of hydrogen-bond acceptors (Lipinski definition) is 4. The number of nitrogens with zero attached hydrogens (tertiary/aromatic N) is 1. The zero-order valence-corrected chi connectivity index (χ0v) is 9.18. The fourth-order valence-corrected chi connectivity index (χ4v) is 1.85. The Morgan fingerprint density at radius 2 is 2.24 bits per heavy atom. The maximum absolute atomic E-state index is 11.0. The van der Waals surface area contributed by atoms with Crippen LogP contribution in [-0.4, -0.2) is 23.4 Å². The SMILES string of the molecule is O=C1CCC(CNc2ccccc2[N+](=O)[O-])N1. The number of nitro groups is 1. The molecule has 6 heteroatoms. The number of rotatable bonds is 4. The number of para-hydroxylation sites is 2. The molecule has 1 aromatic rings. The highest BCUT2D eigenvalue weighted by Gasteiger charge is 2.21. The van der Waals surface area contributed by atoms with E-state index in [1.165, 1.54) is 6.07 Å². The summed E-state index contributed by atoms with van der Waals surface area (Å²) in [6, 6.07) is 6.54. The van der Waals surface area contributed by atoms with Crippen LogP contribution in [0.3, 0.4) is 0 Å². The Labute approximate surface area is 98.2 Å². The summed E-state index contributed by atoms with van der Waals surface area (Å²) in [5, 5.41) is 16.6. The van der Waals surface area contributed by atoms with Crippen LogP contribution in [0, 0.1) is 10.1 Å². The number of amides is 1. The van der Waals surface area contributed by atoms with Gasteiger partial charge in [0.15, 0.2) is 0 Å². The normalized spacial score (nSPS) is 18.8. The molecule has 0 aromatic heterocycles. The van der Waals surface area contributed by atoms with Crippen molar-refractivity contribution in [2.24, 2.45) is 0 Å². The van der Waals surface area contributed by atoms with Crippen molar-refractivity contribution in [2.45, 2.75) is 18.9 Å². The first kappa shape index (κ1) is 11.4. The Morgan fingerprint density at radius 3 is 2.88 bits per heavy atom. The molecule has 1 atom stereocenters. The molecule has 90 valence electrons. The lowest BCUT2D eigenvalue weighted by atomic mass is 10.2. The maximum atomic E-state index is 11.0. The van der Waals surface area contributed by atoms with E-state index >= 15 is 0 Å². The van der Waals surface area contributed by atoms with Crippen molar-refractivity contribution in [3.05, 3.63) is 34.4 Å². The van der Waals surface area contributed by atoms with E-state index in [0.29, 0.717) is 18.7 Å². The van der Waals surface area contributed by atoms with Gasteiger partial charge in [0.1, 0.15) is 5.69 Å². The van der Waals surface area contributed by atoms with Gasteiger partial charge in [-0.3, -0.25) is 14.9 Å². The van der Waals surface area contributed by atoms with Gasteiger partial charge in [-0.25, -0.2) is 0 Å². The molecule has 1 aliphatic heterocycles. The third-order valence-electron chi connectivity index (χ3n) is 2.72. The molecule has 0 aliphatic carbocycles. The zero-order chi connectivity index (χ0) is 12.3. The fraction of sp³-hybridized carbons (Fsp3) is 0.364. The zero-order valence-electron chi connectivity index (χ0n) is 9.18. The minimum absolute atomic E-state index is 0.0411. The minimum atomic E-state index is -0.421. The number of nitrogens with one attached hydrogen (secondary N) is 2. The van der Waals surface area contributed by atoms with E-state index in [1.807, 2.05) is 0 Å². The third kappa shape index (κ3) is 2.72. The van der Waals surface area contributed by atoms with Gasteiger partial charge >= 0.3 is 0 Å². The molecule has 1 unspecified atom stereocenters. The molecule has 0 radical (unpaired) electrons. The number of nitro benzene ring substituents is 1. The van der Waals surface area contributed by atoms with Gasteiger partial charge in [0.05, 0.1) is 4.92 Å². The molecule has 0 bridgehead atoms. The van der Waals surface area contributed by atoms with Crippen molar-refractivity contribution in [3.63, 3.8) is 0 Å². The van der Waals surface area contributed by atoms with Crippen LogP contribution < -0.4 is 10.6 Å². The average Bonchev–Trinajstić information content (AvgIpc) is 2.73. The smallest absolute Gasteiger partial charge is 0.292 e. The van der Waals surface area contributed by atoms with E-state index in [-0.39, 0.29) is 17.6 Å². The Balaban J connectivity index is 1.99. The van der Waals surface area contributed by atoms with Gasteiger partial charge in [-0.2, -0.15) is 0 Å². The van der Waals surface area contributed by atoms with Crippen LogP contribution in [0.2, 0.25) is 0 Å². The molecule has 6 nitrogen and oxygen atoms in total. The standard InChI is InChI=1S/C11H13N3O3/c15-11-6-5-8(13-11)7-12-9-3-1-2-4-10(9)14(16)17/h1-4,8,12H,5-7H2,(H,13,15). The Bertz CT molecular complexity index is 447. The molecule has 1 heterocycles. The van der Waals surface area contributed by atoms with E-state index in [0.717, 1.165) is 6.42 Å². The van der Waals surface area contributed by atoms with Gasteiger partial charge in [-0.05, 0) is 12.5 Å². The third-order valence-corrected chi connectivity index (χ3v) is 2.72. The summed E-state index contributed by atoms with van der Waals surface area (Å²) < 4.78 is 0. The maximum Gasteiger partial charge on any atom is 0.292 e. The number of hydrogen-bond donors (Lipinski definition) is 2. The molecular weight excluding hydrogens is 222 g/mol. The Hall–Kier alpha value is -2.11. The summed E-state index contributed by atoms with van der Waals surface area (Å²) in [7, 11) is 0. The molecule has 17 heavy (non-hydrogen) atoms.